The van der Waals surface area contributed by atoms with Crippen molar-refractivity contribution in [2.45, 2.75) is 26.2 Å². The Labute approximate surface area is 77.7 Å². The third-order valence-electron chi connectivity index (χ3n) is 1.85. The van der Waals surface area contributed by atoms with E-state index in [-0.39, 0.29) is 11.3 Å². The van der Waals surface area contributed by atoms with Crippen LogP contribution in [0.4, 0.5) is 0 Å². The maximum atomic E-state index is 11.2. The molecule has 4 nitrogen and oxygen atoms in total. The first-order valence-corrected chi connectivity index (χ1v) is 4.23. The molecule has 1 rings (SSSR count). The van der Waals surface area contributed by atoms with Crippen LogP contribution >= 0.6 is 0 Å². The van der Waals surface area contributed by atoms with Gasteiger partial charge in [-0.05, 0) is 6.07 Å². The number of aromatic nitrogens is 2. The van der Waals surface area contributed by atoms with Crippen LogP contribution < -0.4 is 5.32 Å². The Morgan fingerprint density at radius 3 is 2.54 bits per heavy atom. The highest BCUT2D eigenvalue weighted by atomic mass is 16.1. The van der Waals surface area contributed by atoms with E-state index < -0.39 is 0 Å². The highest BCUT2D eigenvalue weighted by Gasteiger charge is 2.18. The number of H-pyrrole nitrogens is 1. The fraction of sp³-hybridized carbons (Fsp3) is 0.556. The van der Waals surface area contributed by atoms with Crippen LogP contribution in [0, 0.1) is 0 Å². The molecule has 0 saturated carbocycles. The minimum absolute atomic E-state index is 0.000723. The van der Waals surface area contributed by atoms with Gasteiger partial charge in [0.2, 0.25) is 0 Å². The van der Waals surface area contributed by atoms with Gasteiger partial charge in [0.25, 0.3) is 5.91 Å². The fourth-order valence-electron chi connectivity index (χ4n) is 0.950. The first-order chi connectivity index (χ1) is 5.95. The highest BCUT2D eigenvalue weighted by Crippen LogP contribution is 2.19. The van der Waals surface area contributed by atoms with E-state index in [2.05, 4.69) is 36.3 Å². The Balaban J connectivity index is 2.93. The summed E-state index contributed by atoms with van der Waals surface area (Å²) in [6.45, 7) is 6.19. The molecule has 0 unspecified atom stereocenters. The molecule has 0 bridgehead atoms. The van der Waals surface area contributed by atoms with Crippen LogP contribution in [-0.2, 0) is 5.41 Å². The Hall–Kier alpha value is -1.32. The van der Waals surface area contributed by atoms with Crippen molar-refractivity contribution in [3.05, 3.63) is 17.5 Å². The van der Waals surface area contributed by atoms with E-state index in [0.29, 0.717) is 5.69 Å². The second-order valence-corrected chi connectivity index (χ2v) is 4.00. The molecular formula is C9H15N3O. The lowest BCUT2D eigenvalue weighted by atomic mass is 9.92. The zero-order valence-electron chi connectivity index (χ0n) is 8.43. The van der Waals surface area contributed by atoms with Crippen molar-refractivity contribution in [1.29, 1.82) is 0 Å². The van der Waals surface area contributed by atoms with Crippen molar-refractivity contribution in [1.82, 2.24) is 15.5 Å². The second kappa shape index (κ2) is 3.20. The number of hydrogen-bond acceptors (Lipinski definition) is 2. The summed E-state index contributed by atoms with van der Waals surface area (Å²) in [5.74, 6) is -0.160. The van der Waals surface area contributed by atoms with Gasteiger partial charge in [0.05, 0.1) is 0 Å². The van der Waals surface area contributed by atoms with Crippen LogP contribution in [0.3, 0.4) is 0 Å². The molecule has 0 aromatic carbocycles. The van der Waals surface area contributed by atoms with E-state index in [1.807, 2.05) is 0 Å². The highest BCUT2D eigenvalue weighted by molar-refractivity contribution is 5.92. The molecule has 1 amide bonds. The number of nitrogens with one attached hydrogen (secondary N) is 2. The van der Waals surface area contributed by atoms with E-state index in [1.54, 1.807) is 13.1 Å². The Bertz CT molecular complexity index is 309. The lowest BCUT2D eigenvalue weighted by Gasteiger charge is -2.14. The molecule has 0 atom stereocenters. The number of hydrogen-bond donors (Lipinski definition) is 2. The van der Waals surface area contributed by atoms with Gasteiger partial charge in [0.1, 0.15) is 5.69 Å². The number of carbonyl (C=O) groups excluding carboxylic acids is 1. The third-order valence-corrected chi connectivity index (χ3v) is 1.85. The van der Waals surface area contributed by atoms with Crippen molar-refractivity contribution >= 4 is 5.91 Å². The van der Waals surface area contributed by atoms with E-state index in [4.69, 9.17) is 0 Å². The first kappa shape index (κ1) is 9.77. The number of carbonyl (C=O) groups is 1. The van der Waals surface area contributed by atoms with Crippen LogP contribution in [0.2, 0.25) is 0 Å². The van der Waals surface area contributed by atoms with Gasteiger partial charge in [0, 0.05) is 18.2 Å². The van der Waals surface area contributed by atoms with E-state index in [0.717, 1.165) is 5.69 Å². The second-order valence-electron chi connectivity index (χ2n) is 4.00. The first-order valence-electron chi connectivity index (χ1n) is 4.23. The van der Waals surface area contributed by atoms with Crippen LogP contribution in [-0.4, -0.2) is 23.2 Å². The average molecular weight is 181 g/mol. The predicted octanol–water partition coefficient (Wildman–Crippen LogP) is 1.07. The van der Waals surface area contributed by atoms with Crippen molar-refractivity contribution in [3.63, 3.8) is 0 Å². The average Bonchev–Trinajstić information content (AvgIpc) is 2.50. The number of amides is 1. The molecular weight excluding hydrogens is 166 g/mol. The molecule has 13 heavy (non-hydrogen) atoms. The molecule has 0 fully saturated rings. The SMILES string of the molecule is CNC(=O)c1cc(C(C)(C)C)[nH]n1. The van der Waals surface area contributed by atoms with Crippen LogP contribution in [0.5, 0.6) is 0 Å². The van der Waals surface area contributed by atoms with Gasteiger partial charge < -0.3 is 5.32 Å². The molecule has 0 aliphatic carbocycles. The Morgan fingerprint density at radius 2 is 2.15 bits per heavy atom. The lowest BCUT2D eigenvalue weighted by Crippen LogP contribution is -2.18. The van der Waals surface area contributed by atoms with Gasteiger partial charge in [-0.15, -0.1) is 0 Å². The molecule has 1 aromatic heterocycles. The summed E-state index contributed by atoms with van der Waals surface area (Å²) >= 11 is 0. The van der Waals surface area contributed by atoms with Gasteiger partial charge >= 0.3 is 0 Å². The minimum atomic E-state index is -0.160. The summed E-state index contributed by atoms with van der Waals surface area (Å²) in [7, 11) is 1.59. The molecule has 0 radical (unpaired) electrons. The summed E-state index contributed by atoms with van der Waals surface area (Å²) in [4.78, 5) is 11.2. The van der Waals surface area contributed by atoms with Crippen molar-refractivity contribution in [2.24, 2.45) is 0 Å². The van der Waals surface area contributed by atoms with Gasteiger partial charge in [0.15, 0.2) is 0 Å². The van der Waals surface area contributed by atoms with Crippen LogP contribution in [0.1, 0.15) is 37.0 Å². The number of rotatable bonds is 1. The third kappa shape index (κ3) is 2.08. The molecule has 1 heterocycles. The molecule has 1 aromatic rings. The topological polar surface area (TPSA) is 57.8 Å². The van der Waals surface area contributed by atoms with Gasteiger partial charge in [-0.3, -0.25) is 9.89 Å². The summed E-state index contributed by atoms with van der Waals surface area (Å²) in [6, 6.07) is 1.78. The van der Waals surface area contributed by atoms with Crippen molar-refractivity contribution in [3.8, 4) is 0 Å². The monoisotopic (exact) mass is 181 g/mol. The molecule has 72 valence electrons. The largest absolute Gasteiger partial charge is 0.354 e. The van der Waals surface area contributed by atoms with Crippen molar-refractivity contribution < 1.29 is 4.79 Å². The van der Waals surface area contributed by atoms with Crippen LogP contribution in [0.15, 0.2) is 6.07 Å². The van der Waals surface area contributed by atoms with Gasteiger partial charge in [-0.25, -0.2) is 0 Å². The molecule has 4 heteroatoms. The summed E-state index contributed by atoms with van der Waals surface area (Å²) in [5.41, 5.74) is 1.40. The number of aromatic amines is 1. The quantitative estimate of drug-likeness (QED) is 0.680. The predicted molar refractivity (Wildman–Crippen MR) is 50.7 cm³/mol. The maximum Gasteiger partial charge on any atom is 0.271 e. The van der Waals surface area contributed by atoms with Crippen molar-refractivity contribution in [2.75, 3.05) is 7.05 Å². The minimum Gasteiger partial charge on any atom is -0.354 e. The molecule has 0 saturated heterocycles. The molecule has 2 N–H and O–H groups in total. The molecule has 0 aliphatic heterocycles. The fourth-order valence-corrected chi connectivity index (χ4v) is 0.950. The zero-order chi connectivity index (χ0) is 10.1. The normalized spacial score (nSPS) is 11.4. The molecule has 0 aliphatic rings. The molecule has 0 spiro atoms. The maximum absolute atomic E-state index is 11.2. The van der Waals surface area contributed by atoms with Gasteiger partial charge in [-0.1, -0.05) is 20.8 Å². The van der Waals surface area contributed by atoms with Crippen LogP contribution in [0.25, 0.3) is 0 Å². The smallest absolute Gasteiger partial charge is 0.271 e. The zero-order valence-corrected chi connectivity index (χ0v) is 8.43. The standard InChI is InChI=1S/C9H15N3O/c1-9(2,3)7-5-6(11-12-7)8(13)10-4/h5H,1-4H3,(H,10,13)(H,11,12). The number of nitrogens with zero attached hydrogens (tertiary/aromatic N) is 1. The summed E-state index contributed by atoms with van der Waals surface area (Å²) < 4.78 is 0. The van der Waals surface area contributed by atoms with E-state index in [1.165, 1.54) is 0 Å². The Morgan fingerprint density at radius 1 is 1.54 bits per heavy atom. The van der Waals surface area contributed by atoms with E-state index >= 15 is 0 Å². The van der Waals surface area contributed by atoms with E-state index in [9.17, 15) is 4.79 Å². The lowest BCUT2D eigenvalue weighted by molar-refractivity contribution is 0.0958. The summed E-state index contributed by atoms with van der Waals surface area (Å²) in [5, 5.41) is 9.29. The summed E-state index contributed by atoms with van der Waals surface area (Å²) in [6.07, 6.45) is 0. The Kier molecular flexibility index (Phi) is 2.40. The van der Waals surface area contributed by atoms with Gasteiger partial charge in [-0.2, -0.15) is 5.10 Å².